The van der Waals surface area contributed by atoms with Crippen molar-refractivity contribution in [2.24, 2.45) is 16.5 Å². The number of aliphatic imine (C=N–C) groups is 1. The highest BCUT2D eigenvalue weighted by Crippen LogP contribution is 2.34. The first-order valence-electron chi connectivity index (χ1n) is 9.99. The summed E-state index contributed by atoms with van der Waals surface area (Å²) in [6.07, 6.45) is 5.15. The van der Waals surface area contributed by atoms with Gasteiger partial charge in [-0.05, 0) is 18.9 Å². The van der Waals surface area contributed by atoms with Gasteiger partial charge in [-0.2, -0.15) is 0 Å². The number of hydrogen-bond acceptors (Lipinski definition) is 4. The molecule has 4 rings (SSSR count). The molecule has 4 aromatic rings. The van der Waals surface area contributed by atoms with E-state index in [1.807, 2.05) is 51.4 Å². The molecule has 8 nitrogen and oxygen atoms in total. The molecule has 0 amide bonds. The van der Waals surface area contributed by atoms with Gasteiger partial charge in [-0.1, -0.05) is 39.0 Å². The fraction of sp³-hybridized carbons (Fsp3) is 0.318. The van der Waals surface area contributed by atoms with Crippen LogP contribution in [0.5, 0.6) is 5.88 Å². The summed E-state index contributed by atoms with van der Waals surface area (Å²) in [5.41, 5.74) is 15.5. The summed E-state index contributed by atoms with van der Waals surface area (Å²) in [4.78, 5) is 17.0. The van der Waals surface area contributed by atoms with E-state index in [9.17, 15) is 5.11 Å². The highest BCUT2D eigenvalue weighted by molar-refractivity contribution is 5.94. The molecular formula is C22H27N7O. The lowest BCUT2D eigenvalue weighted by molar-refractivity contribution is 0.421. The molecule has 1 aromatic carbocycles. The average Bonchev–Trinajstić information content (AvgIpc) is 3.26. The number of rotatable bonds is 5. The van der Waals surface area contributed by atoms with Crippen LogP contribution < -0.4 is 11.5 Å². The molecule has 8 heteroatoms. The zero-order valence-electron chi connectivity index (χ0n) is 17.5. The Morgan fingerprint density at radius 1 is 1.20 bits per heavy atom. The molecule has 0 fully saturated rings. The lowest BCUT2D eigenvalue weighted by Crippen LogP contribution is -2.23. The summed E-state index contributed by atoms with van der Waals surface area (Å²) < 4.78 is 1.74. The first kappa shape index (κ1) is 19.8. The van der Waals surface area contributed by atoms with E-state index in [2.05, 4.69) is 16.0 Å². The van der Waals surface area contributed by atoms with Gasteiger partial charge in [0.15, 0.2) is 11.6 Å². The number of aryl methyl sites for hydroxylation is 1. The number of nitrogens with two attached hydrogens (primary N) is 2. The third-order valence-electron chi connectivity index (χ3n) is 5.09. The molecule has 0 spiro atoms. The Labute approximate surface area is 174 Å². The molecule has 30 heavy (non-hydrogen) atoms. The van der Waals surface area contributed by atoms with Crippen molar-refractivity contribution in [3.63, 3.8) is 0 Å². The van der Waals surface area contributed by atoms with Gasteiger partial charge in [0, 0.05) is 40.8 Å². The molecule has 0 aliphatic heterocycles. The molecule has 3 aromatic heterocycles. The van der Waals surface area contributed by atoms with Crippen LogP contribution in [0.2, 0.25) is 0 Å². The number of para-hydroxylation sites is 1. The highest BCUT2D eigenvalue weighted by Gasteiger charge is 2.26. The number of guanidine groups is 1. The second-order valence-corrected chi connectivity index (χ2v) is 8.46. The smallest absolute Gasteiger partial charge is 0.219 e. The highest BCUT2D eigenvalue weighted by atomic mass is 16.3. The molecule has 6 N–H and O–H groups in total. The van der Waals surface area contributed by atoms with Crippen molar-refractivity contribution >= 4 is 22.5 Å². The van der Waals surface area contributed by atoms with Crippen LogP contribution in [0.15, 0.2) is 41.7 Å². The van der Waals surface area contributed by atoms with E-state index in [-0.39, 0.29) is 17.3 Å². The minimum atomic E-state index is -0.299. The molecular weight excluding hydrogens is 378 g/mol. The topological polar surface area (TPSA) is 131 Å². The summed E-state index contributed by atoms with van der Waals surface area (Å²) in [5.74, 6) is 0.223. The van der Waals surface area contributed by atoms with Crippen molar-refractivity contribution in [3.8, 4) is 17.1 Å². The van der Waals surface area contributed by atoms with Crippen LogP contribution in [0.25, 0.3) is 27.8 Å². The largest absolute Gasteiger partial charge is 0.493 e. The molecule has 156 valence electrons. The molecule has 3 heterocycles. The van der Waals surface area contributed by atoms with Gasteiger partial charge in [0.1, 0.15) is 5.69 Å². The normalized spacial score (nSPS) is 12.0. The van der Waals surface area contributed by atoms with Gasteiger partial charge in [-0.15, -0.1) is 0 Å². The van der Waals surface area contributed by atoms with Crippen LogP contribution >= 0.6 is 0 Å². The van der Waals surface area contributed by atoms with Crippen molar-refractivity contribution < 1.29 is 5.11 Å². The lowest BCUT2D eigenvalue weighted by Gasteiger charge is -2.14. The minimum absolute atomic E-state index is 0.0779. The first-order chi connectivity index (χ1) is 14.3. The maximum Gasteiger partial charge on any atom is 0.219 e. The molecule has 0 aliphatic rings. The molecule has 0 bridgehead atoms. The van der Waals surface area contributed by atoms with E-state index in [4.69, 9.17) is 21.4 Å². The summed E-state index contributed by atoms with van der Waals surface area (Å²) in [5, 5.41) is 12.0. The Morgan fingerprint density at radius 2 is 1.97 bits per heavy atom. The predicted octanol–water partition coefficient (Wildman–Crippen LogP) is 3.09. The number of aromatic nitrogens is 4. The number of nitrogens with zero attached hydrogens (tertiary/aromatic N) is 4. The number of H-pyrrole nitrogens is 1. The first-order valence-corrected chi connectivity index (χ1v) is 9.99. The van der Waals surface area contributed by atoms with Gasteiger partial charge >= 0.3 is 0 Å². The average molecular weight is 406 g/mol. The molecule has 0 radical (unpaired) electrons. The predicted molar refractivity (Wildman–Crippen MR) is 120 cm³/mol. The number of fused-ring (bicyclic) bond motifs is 2. The number of imidazole rings is 1. The van der Waals surface area contributed by atoms with Gasteiger partial charge in [-0.25, -0.2) is 9.97 Å². The van der Waals surface area contributed by atoms with Crippen molar-refractivity contribution in [3.05, 3.63) is 48.0 Å². The zero-order valence-corrected chi connectivity index (χ0v) is 17.5. The van der Waals surface area contributed by atoms with Gasteiger partial charge < -0.3 is 21.6 Å². The van der Waals surface area contributed by atoms with Crippen molar-refractivity contribution in [2.45, 2.75) is 39.0 Å². The number of aromatic hydroxyl groups is 1. The molecule has 0 atom stereocenters. The van der Waals surface area contributed by atoms with Crippen molar-refractivity contribution in [2.75, 3.05) is 6.54 Å². The lowest BCUT2D eigenvalue weighted by atomic mass is 9.92. The van der Waals surface area contributed by atoms with Crippen molar-refractivity contribution in [1.82, 2.24) is 19.4 Å². The van der Waals surface area contributed by atoms with Crippen molar-refractivity contribution in [1.29, 1.82) is 0 Å². The van der Waals surface area contributed by atoms with Crippen LogP contribution in [-0.2, 0) is 11.8 Å². The number of aromatic amines is 1. The minimum Gasteiger partial charge on any atom is -0.493 e. The van der Waals surface area contributed by atoms with Gasteiger partial charge in [0.25, 0.3) is 0 Å². The molecule has 0 saturated carbocycles. The van der Waals surface area contributed by atoms with Crippen LogP contribution in [0.3, 0.4) is 0 Å². The maximum atomic E-state index is 10.9. The van der Waals surface area contributed by atoms with Gasteiger partial charge in [0.2, 0.25) is 5.88 Å². The van der Waals surface area contributed by atoms with E-state index in [1.165, 1.54) is 0 Å². The third kappa shape index (κ3) is 3.56. The van der Waals surface area contributed by atoms with Gasteiger partial charge in [0.05, 0.1) is 11.4 Å². The van der Waals surface area contributed by atoms with E-state index in [0.29, 0.717) is 24.3 Å². The summed E-state index contributed by atoms with van der Waals surface area (Å²) in [6, 6.07) is 8.08. The number of nitrogens with one attached hydrogen (secondary N) is 1. The Hall–Kier alpha value is -3.55. The number of benzene rings is 1. The Balaban J connectivity index is 1.87. The Morgan fingerprint density at radius 3 is 2.70 bits per heavy atom. The van der Waals surface area contributed by atoms with Crippen LogP contribution in [0, 0.1) is 0 Å². The molecule has 0 unspecified atom stereocenters. The fourth-order valence-corrected chi connectivity index (χ4v) is 3.64. The van der Waals surface area contributed by atoms with E-state index in [0.717, 1.165) is 34.3 Å². The van der Waals surface area contributed by atoms with Gasteiger partial charge in [-0.3, -0.25) is 9.39 Å². The monoisotopic (exact) mass is 405 g/mol. The summed E-state index contributed by atoms with van der Waals surface area (Å²) >= 11 is 0. The SMILES string of the molecule is CC(C)(C)c1nc2c(CCCN=C(N)N)nc(-c3c[nH]c4ccccc34)cn2c1O. The Kier molecular flexibility index (Phi) is 4.85. The number of hydrogen-bond donors (Lipinski definition) is 4. The quantitative estimate of drug-likeness (QED) is 0.230. The third-order valence-corrected chi connectivity index (χ3v) is 5.09. The zero-order chi connectivity index (χ0) is 21.5. The van der Waals surface area contributed by atoms with Crippen LogP contribution in [0.4, 0.5) is 0 Å². The van der Waals surface area contributed by atoms with E-state index < -0.39 is 0 Å². The second kappa shape index (κ2) is 7.37. The second-order valence-electron chi connectivity index (χ2n) is 8.46. The van der Waals surface area contributed by atoms with E-state index >= 15 is 0 Å². The maximum absolute atomic E-state index is 10.9. The molecule has 0 saturated heterocycles. The summed E-state index contributed by atoms with van der Waals surface area (Å²) in [6.45, 7) is 6.59. The van der Waals surface area contributed by atoms with Crippen LogP contribution in [0.1, 0.15) is 38.6 Å². The van der Waals surface area contributed by atoms with Crippen LogP contribution in [-0.4, -0.2) is 37.0 Å². The van der Waals surface area contributed by atoms with E-state index in [1.54, 1.807) is 4.40 Å². The molecule has 0 aliphatic carbocycles. The Bertz CT molecular complexity index is 1240. The summed E-state index contributed by atoms with van der Waals surface area (Å²) in [7, 11) is 0. The standard InChI is InChI=1S/C22H27N7O/c1-22(2,3)18-20(30)29-12-17(14-11-26-15-8-5-4-7-13(14)15)27-16(19(29)28-18)9-6-10-25-21(23)24/h4-5,7-8,11-12,26,30H,6,9-10H2,1-3H3,(H4,23,24,25). The fourth-order valence-electron chi connectivity index (χ4n) is 3.64.